The Bertz CT molecular complexity index is 583. The van der Waals surface area contributed by atoms with Crippen LogP contribution >= 0.6 is 0 Å². The van der Waals surface area contributed by atoms with Gasteiger partial charge >= 0.3 is 0 Å². The summed E-state index contributed by atoms with van der Waals surface area (Å²) in [4.78, 5) is 6.95. The van der Waals surface area contributed by atoms with Crippen molar-refractivity contribution >= 4 is 0 Å². The van der Waals surface area contributed by atoms with Crippen LogP contribution < -0.4 is 5.32 Å². The van der Waals surface area contributed by atoms with Gasteiger partial charge in [0.1, 0.15) is 5.76 Å². The van der Waals surface area contributed by atoms with E-state index in [4.69, 9.17) is 4.42 Å². The summed E-state index contributed by atoms with van der Waals surface area (Å²) in [7, 11) is 0. The van der Waals surface area contributed by atoms with Crippen molar-refractivity contribution in [1.82, 2.24) is 15.2 Å². The Hall–Kier alpha value is -0.910. The highest BCUT2D eigenvalue weighted by atomic mass is 16.4. The van der Waals surface area contributed by atoms with Gasteiger partial charge in [-0.05, 0) is 38.1 Å². The number of aliphatic hydroxyl groups excluding tert-OH is 1. The summed E-state index contributed by atoms with van der Waals surface area (Å²) >= 11 is 0. The molecule has 5 nitrogen and oxygen atoms in total. The van der Waals surface area contributed by atoms with Crippen LogP contribution in [0.25, 0.3) is 0 Å². The number of likely N-dealkylation sites (tertiary alicyclic amines) is 1. The largest absolute Gasteiger partial charge is 0.444 e. The molecule has 1 saturated heterocycles. The molecule has 2 heterocycles. The SMILES string of the molecule is CCN1CC2(C[C@@H](O)[C@H](NCc3cnc(C4CC4)o3)C2)C1C(C)C. The molecule has 0 radical (unpaired) electrons. The van der Waals surface area contributed by atoms with Crippen molar-refractivity contribution in [2.75, 3.05) is 13.1 Å². The lowest BCUT2D eigenvalue weighted by Crippen LogP contribution is -2.65. The molecule has 0 amide bonds. The summed E-state index contributed by atoms with van der Waals surface area (Å²) in [5.41, 5.74) is 0.293. The molecule has 2 N–H and O–H groups in total. The molecule has 5 heteroatoms. The molecule has 1 aromatic heterocycles. The van der Waals surface area contributed by atoms with Crippen molar-refractivity contribution in [3.63, 3.8) is 0 Å². The van der Waals surface area contributed by atoms with Crippen LogP contribution in [0.15, 0.2) is 10.6 Å². The summed E-state index contributed by atoms with van der Waals surface area (Å²) in [6.45, 7) is 9.78. The molecule has 0 bridgehead atoms. The molecular formula is C19H31N3O2. The van der Waals surface area contributed by atoms with Crippen molar-refractivity contribution in [3.8, 4) is 0 Å². The predicted molar refractivity (Wildman–Crippen MR) is 92.7 cm³/mol. The van der Waals surface area contributed by atoms with Gasteiger partial charge in [-0.3, -0.25) is 4.90 Å². The monoisotopic (exact) mass is 333 g/mol. The quantitative estimate of drug-likeness (QED) is 0.837. The first-order valence-electron chi connectivity index (χ1n) is 9.62. The molecule has 2 unspecified atom stereocenters. The van der Waals surface area contributed by atoms with E-state index in [1.165, 1.54) is 12.8 Å². The van der Waals surface area contributed by atoms with Gasteiger partial charge in [0.05, 0.1) is 18.8 Å². The third-order valence-electron chi connectivity index (χ3n) is 6.32. The van der Waals surface area contributed by atoms with E-state index in [2.05, 4.69) is 36.0 Å². The lowest BCUT2D eigenvalue weighted by Gasteiger charge is -2.58. The highest BCUT2D eigenvalue weighted by Crippen LogP contribution is 2.52. The Morgan fingerprint density at radius 1 is 1.42 bits per heavy atom. The summed E-state index contributed by atoms with van der Waals surface area (Å²) in [5.74, 6) is 2.99. The van der Waals surface area contributed by atoms with Crippen LogP contribution in [0.3, 0.4) is 0 Å². The van der Waals surface area contributed by atoms with E-state index in [1.54, 1.807) is 0 Å². The van der Waals surface area contributed by atoms with Gasteiger partial charge in [-0.1, -0.05) is 20.8 Å². The molecule has 1 aromatic rings. The Morgan fingerprint density at radius 3 is 2.88 bits per heavy atom. The molecule has 134 valence electrons. The Kier molecular flexibility index (Phi) is 4.22. The zero-order valence-electron chi connectivity index (χ0n) is 15.2. The fourth-order valence-corrected chi connectivity index (χ4v) is 5.26. The van der Waals surface area contributed by atoms with Gasteiger partial charge in [-0.25, -0.2) is 4.98 Å². The average Bonchev–Trinajstić information content (AvgIpc) is 3.16. The van der Waals surface area contributed by atoms with Crippen molar-refractivity contribution in [3.05, 3.63) is 17.8 Å². The number of rotatable bonds is 6. The van der Waals surface area contributed by atoms with Gasteiger partial charge in [0.25, 0.3) is 0 Å². The topological polar surface area (TPSA) is 61.5 Å². The maximum Gasteiger partial charge on any atom is 0.197 e. The molecule has 0 aromatic carbocycles. The smallest absolute Gasteiger partial charge is 0.197 e. The van der Waals surface area contributed by atoms with Gasteiger partial charge < -0.3 is 14.8 Å². The molecule has 1 aliphatic heterocycles. The third-order valence-corrected chi connectivity index (χ3v) is 6.32. The van der Waals surface area contributed by atoms with E-state index in [9.17, 15) is 5.11 Å². The molecule has 3 aliphatic rings. The van der Waals surface area contributed by atoms with Gasteiger partial charge in [-0.2, -0.15) is 0 Å². The van der Waals surface area contributed by atoms with E-state index in [-0.39, 0.29) is 12.1 Å². The Balaban J connectivity index is 1.36. The van der Waals surface area contributed by atoms with Crippen LogP contribution in [-0.4, -0.2) is 46.3 Å². The lowest BCUT2D eigenvalue weighted by molar-refractivity contribution is -0.0964. The fourth-order valence-electron chi connectivity index (χ4n) is 5.26. The highest BCUT2D eigenvalue weighted by Gasteiger charge is 2.58. The van der Waals surface area contributed by atoms with Crippen molar-refractivity contribution in [2.45, 2.75) is 77.1 Å². The van der Waals surface area contributed by atoms with Crippen LogP contribution in [0.2, 0.25) is 0 Å². The van der Waals surface area contributed by atoms with Crippen LogP contribution in [0.1, 0.15) is 64.0 Å². The maximum absolute atomic E-state index is 10.6. The molecule has 24 heavy (non-hydrogen) atoms. The van der Waals surface area contributed by atoms with Crippen LogP contribution in [-0.2, 0) is 6.54 Å². The highest BCUT2D eigenvalue weighted by molar-refractivity contribution is 5.13. The molecule has 4 atom stereocenters. The minimum absolute atomic E-state index is 0.166. The Labute approximate surface area is 144 Å². The predicted octanol–water partition coefficient (Wildman–Crippen LogP) is 2.51. The van der Waals surface area contributed by atoms with E-state index in [0.29, 0.717) is 29.8 Å². The van der Waals surface area contributed by atoms with Crippen molar-refractivity contribution in [2.24, 2.45) is 11.3 Å². The number of aliphatic hydroxyl groups is 1. The minimum Gasteiger partial charge on any atom is -0.444 e. The van der Waals surface area contributed by atoms with Crippen molar-refractivity contribution < 1.29 is 9.52 Å². The number of hydrogen-bond acceptors (Lipinski definition) is 5. The standard InChI is InChI=1S/C19H31N3O2/c1-4-22-11-19(17(22)12(2)3)7-15(16(23)8-19)20-9-14-10-21-18(24-14)13-5-6-13/h10,12-13,15-17,20,23H,4-9,11H2,1-3H3/t15-,16-,17?,19?/m1/s1. The van der Waals surface area contributed by atoms with Crippen molar-refractivity contribution in [1.29, 1.82) is 0 Å². The average molecular weight is 333 g/mol. The second kappa shape index (κ2) is 6.11. The number of nitrogens with zero attached hydrogens (tertiary/aromatic N) is 2. The van der Waals surface area contributed by atoms with E-state index in [0.717, 1.165) is 37.6 Å². The maximum atomic E-state index is 10.6. The second-order valence-corrected chi connectivity index (χ2v) is 8.52. The summed E-state index contributed by atoms with van der Waals surface area (Å²) in [6, 6.07) is 0.774. The zero-order valence-corrected chi connectivity index (χ0v) is 15.2. The first-order chi connectivity index (χ1) is 11.5. The first-order valence-corrected chi connectivity index (χ1v) is 9.62. The van der Waals surface area contributed by atoms with E-state index < -0.39 is 0 Å². The fraction of sp³-hybridized carbons (Fsp3) is 0.842. The van der Waals surface area contributed by atoms with Crippen LogP contribution in [0.4, 0.5) is 0 Å². The normalized spacial score (nSPS) is 36.6. The molecule has 4 rings (SSSR count). The number of hydrogen-bond donors (Lipinski definition) is 2. The lowest BCUT2D eigenvalue weighted by atomic mass is 9.65. The minimum atomic E-state index is -0.254. The first kappa shape index (κ1) is 16.6. The molecule has 2 aliphatic carbocycles. The molecule has 3 fully saturated rings. The molecule has 1 spiro atoms. The molecular weight excluding hydrogens is 302 g/mol. The van der Waals surface area contributed by atoms with Crippen LogP contribution in [0.5, 0.6) is 0 Å². The summed E-state index contributed by atoms with van der Waals surface area (Å²) in [5, 5.41) is 14.1. The van der Waals surface area contributed by atoms with Gasteiger partial charge in [-0.15, -0.1) is 0 Å². The van der Waals surface area contributed by atoms with E-state index >= 15 is 0 Å². The van der Waals surface area contributed by atoms with Crippen LogP contribution in [0, 0.1) is 11.3 Å². The Morgan fingerprint density at radius 2 is 2.21 bits per heavy atom. The van der Waals surface area contributed by atoms with Gasteiger partial charge in [0.2, 0.25) is 0 Å². The number of oxazole rings is 1. The number of nitrogens with one attached hydrogen (secondary N) is 1. The zero-order chi connectivity index (χ0) is 16.9. The second-order valence-electron chi connectivity index (χ2n) is 8.52. The summed E-state index contributed by atoms with van der Waals surface area (Å²) < 4.78 is 5.83. The third kappa shape index (κ3) is 2.80. The van der Waals surface area contributed by atoms with Gasteiger partial charge in [0.15, 0.2) is 5.89 Å². The number of aromatic nitrogens is 1. The van der Waals surface area contributed by atoms with E-state index in [1.807, 2.05) is 6.20 Å². The van der Waals surface area contributed by atoms with Gasteiger partial charge in [0, 0.05) is 30.0 Å². The molecule has 2 saturated carbocycles. The summed E-state index contributed by atoms with van der Waals surface area (Å²) in [6.07, 6.45) is 6.00.